The van der Waals surface area contributed by atoms with E-state index in [2.05, 4.69) is 42.5 Å². The van der Waals surface area contributed by atoms with Gasteiger partial charge in [0.1, 0.15) is 17.2 Å². The van der Waals surface area contributed by atoms with Crippen molar-refractivity contribution in [3.05, 3.63) is 198 Å². The number of fused-ring (bicyclic) bond motifs is 6. The molecule has 5 heterocycles. The van der Waals surface area contributed by atoms with Crippen molar-refractivity contribution in [1.29, 1.82) is 0 Å². The Morgan fingerprint density at radius 2 is 1.25 bits per heavy atom. The monoisotopic (exact) mass is 1010 g/mol. The quantitative estimate of drug-likeness (QED) is 0.117. The first-order valence-electron chi connectivity index (χ1n) is 25.3. The molecule has 4 atom stereocenters. The van der Waals surface area contributed by atoms with E-state index in [-0.39, 0.29) is 42.3 Å². The van der Waals surface area contributed by atoms with Crippen molar-refractivity contribution in [2.75, 3.05) is 28.4 Å². The number of aromatic nitrogens is 3. The van der Waals surface area contributed by atoms with E-state index in [0.717, 1.165) is 11.3 Å². The molecule has 0 saturated carbocycles. The van der Waals surface area contributed by atoms with Crippen LogP contribution in [0.5, 0.6) is 28.7 Å². The lowest BCUT2D eigenvalue weighted by atomic mass is 9.82. The summed E-state index contributed by atoms with van der Waals surface area (Å²) in [5.74, 6) is 1.69. The van der Waals surface area contributed by atoms with E-state index in [0.29, 0.717) is 93.2 Å². The number of methoxy groups -OCH3 is 1. The van der Waals surface area contributed by atoms with Gasteiger partial charge in [0, 0.05) is 48.6 Å². The van der Waals surface area contributed by atoms with Crippen LogP contribution in [0.15, 0.2) is 170 Å². The Labute approximate surface area is 435 Å². The fourth-order valence-corrected chi connectivity index (χ4v) is 15.9. The summed E-state index contributed by atoms with van der Waals surface area (Å²) in [5, 5.41) is 19.5. The summed E-state index contributed by atoms with van der Waals surface area (Å²) in [4.78, 5) is 50.6. The average Bonchev–Trinajstić information content (AvgIpc) is 4.03. The second-order valence-corrected chi connectivity index (χ2v) is 24.8. The number of rotatable bonds is 12. The minimum absolute atomic E-state index is 0.0381. The zero-order valence-electron chi connectivity index (χ0n) is 41.9. The van der Waals surface area contributed by atoms with Crippen molar-refractivity contribution in [3.63, 3.8) is 0 Å². The SMILES string of the molecule is COc1ccc([Si](C)(C)[C@@H]2[C@@H](CCn3cc(CCO)nn3)O[C@]3(C(=O)N(Cc4ccc(N5C(=O)c6ccccc6Oc6ccccc65)cc4)c4ccc(N5C(=O)c6ccccc6Oc6ccccc65)cc43)[C@H]2C)cc1. The molecule has 1 N–H and O–H groups in total. The average molecular weight is 1020 g/mol. The number of anilines is 5. The molecular formula is C60H54N6O8Si. The Bertz CT molecular complexity index is 3530. The van der Waals surface area contributed by atoms with Crippen LogP contribution in [0.3, 0.4) is 0 Å². The standard InChI is InChI=1S/C60H54N6O8Si/c1-38-56(75(3,4)44-28-26-43(71-2)27-29-44)55(31-33-63-37-40(32-34-67)61-62-63)74-60(38)47-35-42(66-50-16-8-12-20-54(50)73-52-18-10-6-14-46(52)58(66)69)25-30-48(47)64(59(60)70)36-39-21-23-41(24-22-39)65-49-15-7-11-19-53(49)72-51-17-9-5-13-45(51)57(65)68/h5-30,35,37-38,55-56,67H,31-34,36H2,1-4H3/t38-,55+,56-,60+/m0/s1. The number of carbonyl (C=O) groups excluding carboxylic acids is 3. The van der Waals surface area contributed by atoms with Crippen molar-refractivity contribution >= 4 is 59.4 Å². The number of ether oxygens (including phenoxy) is 4. The predicted molar refractivity (Wildman–Crippen MR) is 288 cm³/mol. The number of benzene rings is 7. The largest absolute Gasteiger partial charge is 0.497 e. The van der Waals surface area contributed by atoms with Gasteiger partial charge < -0.3 is 29.0 Å². The van der Waals surface area contributed by atoms with E-state index in [4.69, 9.17) is 18.9 Å². The van der Waals surface area contributed by atoms with Gasteiger partial charge in [-0.25, -0.2) is 0 Å². The van der Waals surface area contributed by atoms with E-state index in [1.807, 2.05) is 138 Å². The van der Waals surface area contributed by atoms with Crippen LogP contribution in [0.1, 0.15) is 50.9 Å². The fourth-order valence-electron chi connectivity index (χ4n) is 11.9. The molecule has 7 aromatic carbocycles. The Kier molecular flexibility index (Phi) is 12.0. The second-order valence-electron chi connectivity index (χ2n) is 20.1. The number of aliphatic hydroxyl groups excluding tert-OH is 1. The lowest BCUT2D eigenvalue weighted by Crippen LogP contribution is -2.51. The van der Waals surface area contributed by atoms with Crippen LogP contribution in [0.2, 0.25) is 18.6 Å². The zero-order valence-corrected chi connectivity index (χ0v) is 42.9. The first kappa shape index (κ1) is 47.6. The van der Waals surface area contributed by atoms with Crippen molar-refractivity contribution in [2.45, 2.75) is 63.2 Å². The summed E-state index contributed by atoms with van der Waals surface area (Å²) >= 11 is 0. The summed E-state index contributed by atoms with van der Waals surface area (Å²) in [7, 11) is -0.918. The molecule has 0 bridgehead atoms. The summed E-state index contributed by atoms with van der Waals surface area (Å²) in [6.07, 6.45) is 2.35. The minimum Gasteiger partial charge on any atom is -0.497 e. The molecule has 14 nitrogen and oxygen atoms in total. The number of aliphatic hydroxyl groups is 1. The van der Waals surface area contributed by atoms with Gasteiger partial charge in [-0.3, -0.25) is 28.9 Å². The van der Waals surface area contributed by atoms with E-state index in [9.17, 15) is 14.7 Å². The van der Waals surface area contributed by atoms with Gasteiger partial charge in [0.2, 0.25) is 0 Å². The van der Waals surface area contributed by atoms with E-state index >= 15 is 4.79 Å². The van der Waals surface area contributed by atoms with Crippen LogP contribution in [0, 0.1) is 5.92 Å². The lowest BCUT2D eigenvalue weighted by molar-refractivity contribution is -0.146. The highest BCUT2D eigenvalue weighted by Gasteiger charge is 2.66. The minimum atomic E-state index is -2.58. The van der Waals surface area contributed by atoms with Gasteiger partial charge in [-0.15, -0.1) is 5.10 Å². The highest BCUT2D eigenvalue weighted by atomic mass is 28.3. The molecule has 4 aliphatic rings. The van der Waals surface area contributed by atoms with Crippen LogP contribution < -0.4 is 34.1 Å². The van der Waals surface area contributed by atoms with Gasteiger partial charge in [0.15, 0.2) is 17.1 Å². The third kappa shape index (κ3) is 7.97. The second kappa shape index (κ2) is 18.8. The molecule has 1 saturated heterocycles. The van der Waals surface area contributed by atoms with Crippen molar-refractivity contribution in [3.8, 4) is 28.7 Å². The smallest absolute Gasteiger partial charge is 0.266 e. The maximum Gasteiger partial charge on any atom is 0.266 e. The third-order valence-electron chi connectivity index (χ3n) is 15.5. The van der Waals surface area contributed by atoms with Gasteiger partial charge in [-0.2, -0.15) is 0 Å². The molecule has 0 aliphatic carbocycles. The number of hydrogen-bond donors (Lipinski definition) is 1. The number of carbonyl (C=O) groups is 3. The number of amides is 3. The predicted octanol–water partition coefficient (Wildman–Crippen LogP) is 10.8. The summed E-state index contributed by atoms with van der Waals surface area (Å²) in [5.41, 5.74) is 4.48. The Morgan fingerprint density at radius 1 is 0.680 bits per heavy atom. The first-order valence-corrected chi connectivity index (χ1v) is 28.3. The Morgan fingerprint density at radius 3 is 1.87 bits per heavy atom. The molecule has 1 spiro atoms. The maximum atomic E-state index is 16.2. The molecule has 1 aromatic heterocycles. The number of para-hydroxylation sites is 6. The highest BCUT2D eigenvalue weighted by Crippen LogP contribution is 2.61. The summed E-state index contributed by atoms with van der Waals surface area (Å²) in [6, 6.07) is 51.2. The zero-order chi connectivity index (χ0) is 51.6. The van der Waals surface area contributed by atoms with Gasteiger partial charge in [-0.1, -0.05) is 103 Å². The lowest BCUT2D eigenvalue weighted by Gasteiger charge is -2.37. The molecule has 0 unspecified atom stereocenters. The van der Waals surface area contributed by atoms with Crippen LogP contribution >= 0.6 is 0 Å². The van der Waals surface area contributed by atoms with Crippen LogP contribution in [-0.4, -0.2) is 65.7 Å². The molecule has 8 aromatic rings. The first-order chi connectivity index (χ1) is 36.5. The Hall–Kier alpha value is -8.37. The number of aryl methyl sites for hydroxylation is 1. The maximum absolute atomic E-state index is 16.2. The van der Waals surface area contributed by atoms with Crippen molar-refractivity contribution in [2.24, 2.45) is 5.92 Å². The van der Waals surface area contributed by atoms with Crippen molar-refractivity contribution in [1.82, 2.24) is 15.0 Å². The van der Waals surface area contributed by atoms with Crippen LogP contribution in [-0.2, 0) is 34.6 Å². The molecule has 3 amide bonds. The highest BCUT2D eigenvalue weighted by molar-refractivity contribution is 6.91. The molecule has 376 valence electrons. The van der Waals surface area contributed by atoms with Gasteiger partial charge in [0.05, 0.1) is 61.7 Å². The molecule has 12 rings (SSSR count). The molecule has 75 heavy (non-hydrogen) atoms. The van der Waals surface area contributed by atoms with Crippen LogP contribution in [0.25, 0.3) is 0 Å². The van der Waals surface area contributed by atoms with Crippen LogP contribution in [0.4, 0.5) is 28.4 Å². The van der Waals surface area contributed by atoms with E-state index < -0.39 is 19.8 Å². The number of hydrogen-bond acceptors (Lipinski definition) is 10. The fraction of sp³-hybridized carbons (Fsp3) is 0.217. The summed E-state index contributed by atoms with van der Waals surface area (Å²) < 4.78 is 27.7. The topological polar surface area (TPSA) is 149 Å². The molecule has 4 aliphatic heterocycles. The normalized spacial score (nSPS) is 19.6. The van der Waals surface area contributed by atoms with E-state index in [1.54, 1.807) is 45.9 Å². The third-order valence-corrected chi connectivity index (χ3v) is 19.9. The molecular weight excluding hydrogens is 961 g/mol. The summed E-state index contributed by atoms with van der Waals surface area (Å²) in [6.45, 7) is 7.46. The number of nitrogens with zero attached hydrogens (tertiary/aromatic N) is 6. The Balaban J connectivity index is 0.973. The molecule has 15 heteroatoms. The van der Waals surface area contributed by atoms with Gasteiger partial charge >= 0.3 is 0 Å². The molecule has 1 fully saturated rings. The van der Waals surface area contributed by atoms with Gasteiger partial charge in [-0.05, 0) is 109 Å². The van der Waals surface area contributed by atoms with Gasteiger partial charge in [0.25, 0.3) is 17.7 Å². The molecule has 0 radical (unpaired) electrons. The van der Waals surface area contributed by atoms with E-state index in [1.165, 1.54) is 5.19 Å². The van der Waals surface area contributed by atoms with Crippen molar-refractivity contribution < 1.29 is 38.4 Å².